The van der Waals surface area contributed by atoms with Gasteiger partial charge in [0.2, 0.25) is 0 Å². The molecule has 0 aromatic carbocycles. The molecule has 0 radical (unpaired) electrons. The largest absolute Gasteiger partial charge is 0.478 e. The minimum atomic E-state index is -0.996. The van der Waals surface area contributed by atoms with Gasteiger partial charge in [0, 0.05) is 18.2 Å². The van der Waals surface area contributed by atoms with Crippen LogP contribution in [0.5, 0.6) is 0 Å². The number of aliphatic hydroxyl groups is 1. The highest BCUT2D eigenvalue weighted by Gasteiger charge is 2.41. The molecule has 1 aromatic rings. The Labute approximate surface area is 93.1 Å². The van der Waals surface area contributed by atoms with Crippen molar-refractivity contribution in [2.24, 2.45) is 5.41 Å². The minimum Gasteiger partial charge on any atom is -0.478 e. The molecule has 0 bridgehead atoms. The molecule has 3 N–H and O–H groups in total. The molecule has 0 amide bonds. The summed E-state index contributed by atoms with van der Waals surface area (Å²) >= 11 is 0. The van der Waals surface area contributed by atoms with E-state index in [1.165, 1.54) is 6.07 Å². The van der Waals surface area contributed by atoms with Crippen LogP contribution in [0.2, 0.25) is 0 Å². The maximum absolute atomic E-state index is 10.9. The van der Waals surface area contributed by atoms with Crippen LogP contribution < -0.4 is 5.32 Å². The summed E-state index contributed by atoms with van der Waals surface area (Å²) in [6.45, 7) is 0.704. The molecular formula is C11H14N2O3. The number of pyridine rings is 1. The normalized spacial score (nSPS) is 16.8. The zero-order valence-electron chi connectivity index (χ0n) is 8.81. The zero-order valence-corrected chi connectivity index (χ0v) is 8.81. The van der Waals surface area contributed by atoms with Crippen LogP contribution in [0.1, 0.15) is 23.2 Å². The Hall–Kier alpha value is -1.62. The molecule has 0 unspecified atom stereocenters. The van der Waals surface area contributed by atoms with E-state index in [1.54, 1.807) is 12.3 Å². The summed E-state index contributed by atoms with van der Waals surface area (Å²) in [5, 5.41) is 21.1. The van der Waals surface area contributed by atoms with Crippen molar-refractivity contribution in [2.45, 2.75) is 12.8 Å². The molecular weight excluding hydrogens is 208 g/mol. The summed E-state index contributed by atoms with van der Waals surface area (Å²) in [7, 11) is 0. The molecule has 5 nitrogen and oxygen atoms in total. The van der Waals surface area contributed by atoms with E-state index >= 15 is 0 Å². The molecule has 1 aromatic heterocycles. The average Bonchev–Trinajstić information content (AvgIpc) is 3.07. The molecule has 5 heteroatoms. The minimum absolute atomic E-state index is 0.0622. The first-order valence-electron chi connectivity index (χ1n) is 5.20. The van der Waals surface area contributed by atoms with Crippen LogP contribution in [0.15, 0.2) is 18.3 Å². The highest BCUT2D eigenvalue weighted by Crippen LogP contribution is 2.44. The molecule has 1 saturated carbocycles. The molecule has 0 spiro atoms. The highest BCUT2D eigenvalue weighted by atomic mass is 16.4. The van der Waals surface area contributed by atoms with E-state index in [-0.39, 0.29) is 17.6 Å². The lowest BCUT2D eigenvalue weighted by molar-refractivity contribution is 0.0697. The zero-order chi connectivity index (χ0) is 11.6. The van der Waals surface area contributed by atoms with Gasteiger partial charge in [-0.3, -0.25) is 0 Å². The maximum atomic E-state index is 10.9. The number of hydrogen-bond donors (Lipinski definition) is 3. The van der Waals surface area contributed by atoms with Crippen molar-refractivity contribution in [2.75, 3.05) is 18.5 Å². The number of nitrogens with zero attached hydrogens (tertiary/aromatic N) is 1. The fourth-order valence-electron chi connectivity index (χ4n) is 1.56. The van der Waals surface area contributed by atoms with Gasteiger partial charge in [0.1, 0.15) is 11.4 Å². The third-order valence-electron chi connectivity index (χ3n) is 2.96. The van der Waals surface area contributed by atoms with Gasteiger partial charge in [0.05, 0.1) is 6.61 Å². The quantitative estimate of drug-likeness (QED) is 0.691. The Morgan fingerprint density at radius 1 is 1.56 bits per heavy atom. The van der Waals surface area contributed by atoms with Gasteiger partial charge in [-0.25, -0.2) is 9.78 Å². The van der Waals surface area contributed by atoms with Crippen molar-refractivity contribution in [1.82, 2.24) is 4.98 Å². The lowest BCUT2D eigenvalue weighted by Gasteiger charge is -2.14. The monoisotopic (exact) mass is 222 g/mol. The number of carboxylic acids is 1. The van der Waals surface area contributed by atoms with Crippen LogP contribution >= 0.6 is 0 Å². The number of carboxylic acid groups (broad SMARTS) is 1. The summed E-state index contributed by atoms with van der Waals surface area (Å²) in [5.74, 6) is -0.626. The molecule has 16 heavy (non-hydrogen) atoms. The van der Waals surface area contributed by atoms with Gasteiger partial charge in [-0.05, 0) is 25.0 Å². The fraction of sp³-hybridized carbons (Fsp3) is 0.455. The molecule has 86 valence electrons. The molecule has 1 aliphatic carbocycles. The predicted octanol–water partition coefficient (Wildman–Crippen LogP) is 0.964. The van der Waals surface area contributed by atoms with Crippen molar-refractivity contribution >= 4 is 11.8 Å². The van der Waals surface area contributed by atoms with E-state index in [0.29, 0.717) is 12.4 Å². The Kier molecular flexibility index (Phi) is 2.78. The summed E-state index contributed by atoms with van der Waals surface area (Å²) in [6, 6.07) is 3.10. The topological polar surface area (TPSA) is 82.5 Å². The van der Waals surface area contributed by atoms with Crippen LogP contribution in [0.25, 0.3) is 0 Å². The molecule has 1 fully saturated rings. The molecule has 2 rings (SSSR count). The summed E-state index contributed by atoms with van der Waals surface area (Å²) in [6.07, 6.45) is 3.50. The van der Waals surface area contributed by atoms with Gasteiger partial charge < -0.3 is 15.5 Å². The Balaban J connectivity index is 2.06. The van der Waals surface area contributed by atoms with Crippen molar-refractivity contribution < 1.29 is 15.0 Å². The van der Waals surface area contributed by atoms with E-state index in [2.05, 4.69) is 10.3 Å². The predicted molar refractivity (Wildman–Crippen MR) is 58.4 cm³/mol. The number of hydrogen-bond acceptors (Lipinski definition) is 4. The third-order valence-corrected chi connectivity index (χ3v) is 2.96. The van der Waals surface area contributed by atoms with Gasteiger partial charge in [-0.15, -0.1) is 0 Å². The Morgan fingerprint density at radius 2 is 2.31 bits per heavy atom. The first kappa shape index (κ1) is 10.9. The van der Waals surface area contributed by atoms with Crippen LogP contribution in [-0.2, 0) is 0 Å². The van der Waals surface area contributed by atoms with E-state index < -0.39 is 5.97 Å². The average molecular weight is 222 g/mol. The van der Waals surface area contributed by atoms with Crippen LogP contribution in [0.4, 0.5) is 5.82 Å². The number of anilines is 1. The smallest absolute Gasteiger partial charge is 0.339 e. The third kappa shape index (κ3) is 2.14. The van der Waals surface area contributed by atoms with Gasteiger partial charge >= 0.3 is 5.97 Å². The van der Waals surface area contributed by atoms with E-state index in [9.17, 15) is 4.79 Å². The van der Waals surface area contributed by atoms with E-state index in [0.717, 1.165) is 12.8 Å². The Morgan fingerprint density at radius 3 is 2.88 bits per heavy atom. The number of aromatic carboxylic acids is 1. The number of aliphatic hydroxyl groups excluding tert-OH is 1. The molecule has 1 heterocycles. The van der Waals surface area contributed by atoms with Gasteiger partial charge in [0.15, 0.2) is 0 Å². The number of carbonyl (C=O) groups is 1. The fourth-order valence-corrected chi connectivity index (χ4v) is 1.56. The van der Waals surface area contributed by atoms with Crippen molar-refractivity contribution in [3.05, 3.63) is 23.9 Å². The second kappa shape index (κ2) is 4.09. The molecule has 0 saturated heterocycles. The lowest BCUT2D eigenvalue weighted by atomic mass is 10.1. The van der Waals surface area contributed by atoms with Crippen molar-refractivity contribution in [1.29, 1.82) is 0 Å². The van der Waals surface area contributed by atoms with Gasteiger partial charge in [-0.1, -0.05) is 0 Å². The van der Waals surface area contributed by atoms with Gasteiger partial charge in [-0.2, -0.15) is 0 Å². The SMILES string of the molecule is O=C(O)c1cccnc1NCC1(CO)CC1. The summed E-state index contributed by atoms with van der Waals surface area (Å²) in [5.41, 5.74) is 0.101. The Bertz CT molecular complexity index is 402. The second-order valence-corrected chi connectivity index (χ2v) is 4.22. The van der Waals surface area contributed by atoms with Crippen molar-refractivity contribution in [3.8, 4) is 0 Å². The van der Waals surface area contributed by atoms with Crippen LogP contribution in [0, 0.1) is 5.41 Å². The maximum Gasteiger partial charge on any atom is 0.339 e. The van der Waals surface area contributed by atoms with Crippen molar-refractivity contribution in [3.63, 3.8) is 0 Å². The first-order valence-corrected chi connectivity index (χ1v) is 5.20. The highest BCUT2D eigenvalue weighted by molar-refractivity contribution is 5.92. The molecule has 0 atom stereocenters. The first-order chi connectivity index (χ1) is 7.67. The summed E-state index contributed by atoms with van der Waals surface area (Å²) in [4.78, 5) is 14.9. The molecule has 0 aliphatic heterocycles. The standard InChI is InChI=1S/C11H14N2O3/c14-7-11(3-4-11)6-13-9-8(10(15)16)2-1-5-12-9/h1-2,5,14H,3-4,6-7H2,(H,12,13)(H,15,16). The lowest BCUT2D eigenvalue weighted by Crippen LogP contribution is -2.20. The van der Waals surface area contributed by atoms with E-state index in [4.69, 9.17) is 10.2 Å². The van der Waals surface area contributed by atoms with Gasteiger partial charge in [0.25, 0.3) is 0 Å². The summed E-state index contributed by atoms with van der Waals surface area (Å²) < 4.78 is 0. The van der Waals surface area contributed by atoms with Crippen LogP contribution in [0.3, 0.4) is 0 Å². The number of nitrogens with one attached hydrogen (secondary N) is 1. The second-order valence-electron chi connectivity index (χ2n) is 4.22. The number of aromatic nitrogens is 1. The van der Waals surface area contributed by atoms with Crippen LogP contribution in [-0.4, -0.2) is 34.3 Å². The van der Waals surface area contributed by atoms with E-state index in [1.807, 2.05) is 0 Å². The number of rotatable bonds is 5. The molecule has 1 aliphatic rings.